The van der Waals surface area contributed by atoms with E-state index < -0.39 is 9.84 Å². The second-order valence-electron chi connectivity index (χ2n) is 4.06. The van der Waals surface area contributed by atoms with Crippen LogP contribution in [0.2, 0.25) is 0 Å². The molecule has 0 aliphatic rings. The highest BCUT2D eigenvalue weighted by atomic mass is 32.2. The molecule has 0 spiro atoms. The topological polar surface area (TPSA) is 46.2 Å². The highest BCUT2D eigenvalue weighted by Crippen LogP contribution is 2.12. The predicted molar refractivity (Wildman–Crippen MR) is 69.4 cm³/mol. The summed E-state index contributed by atoms with van der Waals surface area (Å²) in [6.45, 7) is 7.26. The Labute approximate surface area is 98.3 Å². The lowest BCUT2D eigenvalue weighted by Crippen LogP contribution is -2.33. The van der Waals surface area contributed by atoms with E-state index in [1.807, 2.05) is 18.7 Å². The molecule has 0 fully saturated rings. The van der Waals surface area contributed by atoms with Gasteiger partial charge in [0.15, 0.2) is 0 Å². The molecule has 92 valence electrons. The van der Waals surface area contributed by atoms with Gasteiger partial charge in [0.2, 0.25) is 0 Å². The maximum atomic E-state index is 11.0. The van der Waals surface area contributed by atoms with Crippen molar-refractivity contribution in [2.24, 2.45) is 0 Å². The van der Waals surface area contributed by atoms with Crippen LogP contribution in [-0.2, 0) is 9.84 Å². The fraction of sp³-hybridized carbons (Fsp3) is 1.00. The molecule has 0 aliphatic heterocycles. The van der Waals surface area contributed by atoms with Gasteiger partial charge in [-0.3, -0.25) is 0 Å². The summed E-state index contributed by atoms with van der Waals surface area (Å²) in [6, 6.07) is 0.317. The number of hydrogen-bond donors (Lipinski definition) is 1. The maximum Gasteiger partial charge on any atom is 0.147 e. The number of hydrogen-bond acceptors (Lipinski definition) is 4. The van der Waals surface area contributed by atoms with E-state index in [-0.39, 0.29) is 5.75 Å². The van der Waals surface area contributed by atoms with E-state index in [2.05, 4.69) is 19.2 Å². The summed E-state index contributed by atoms with van der Waals surface area (Å²) in [5.41, 5.74) is 0. The van der Waals surface area contributed by atoms with E-state index in [1.165, 1.54) is 6.26 Å². The second kappa shape index (κ2) is 7.52. The van der Waals surface area contributed by atoms with Gasteiger partial charge in [0.05, 0.1) is 5.75 Å². The molecule has 1 atom stereocenters. The molecular formula is C10H23NO2S2. The van der Waals surface area contributed by atoms with Crippen LogP contribution in [0, 0.1) is 0 Å². The molecule has 5 heteroatoms. The van der Waals surface area contributed by atoms with Crippen LogP contribution >= 0.6 is 11.8 Å². The Morgan fingerprint density at radius 3 is 2.33 bits per heavy atom. The first-order valence-electron chi connectivity index (χ1n) is 5.38. The van der Waals surface area contributed by atoms with Gasteiger partial charge in [-0.25, -0.2) is 8.42 Å². The van der Waals surface area contributed by atoms with E-state index in [4.69, 9.17) is 0 Å². The van der Waals surface area contributed by atoms with Crippen molar-refractivity contribution in [3.8, 4) is 0 Å². The minimum atomic E-state index is -2.83. The van der Waals surface area contributed by atoms with Crippen molar-refractivity contribution < 1.29 is 8.42 Å². The Morgan fingerprint density at radius 2 is 1.93 bits per heavy atom. The fourth-order valence-corrected chi connectivity index (χ4v) is 2.81. The van der Waals surface area contributed by atoms with Gasteiger partial charge in [0.1, 0.15) is 9.84 Å². The Balaban J connectivity index is 3.93. The molecule has 3 nitrogen and oxygen atoms in total. The molecule has 0 aromatic rings. The molecule has 0 saturated carbocycles. The average molecular weight is 253 g/mol. The highest BCUT2D eigenvalue weighted by Gasteiger charge is 2.11. The zero-order valence-electron chi connectivity index (χ0n) is 10.1. The molecule has 0 rings (SSSR count). The van der Waals surface area contributed by atoms with Gasteiger partial charge in [-0.1, -0.05) is 20.8 Å². The molecule has 0 heterocycles. The predicted octanol–water partition coefficient (Wildman–Crippen LogP) is 1.54. The largest absolute Gasteiger partial charge is 0.313 e. The fourth-order valence-electron chi connectivity index (χ4n) is 1.20. The first kappa shape index (κ1) is 15.3. The van der Waals surface area contributed by atoms with Crippen molar-refractivity contribution in [2.45, 2.75) is 38.5 Å². The molecular weight excluding hydrogens is 230 g/mol. The third-order valence-electron chi connectivity index (χ3n) is 1.96. The summed E-state index contributed by atoms with van der Waals surface area (Å²) in [5, 5.41) is 3.93. The number of thioether (sulfide) groups is 1. The normalized spacial score (nSPS) is 14.5. The van der Waals surface area contributed by atoms with E-state index in [0.29, 0.717) is 17.7 Å². The third kappa shape index (κ3) is 10.5. The van der Waals surface area contributed by atoms with Gasteiger partial charge in [-0.2, -0.15) is 11.8 Å². The van der Waals surface area contributed by atoms with Crippen molar-refractivity contribution in [1.29, 1.82) is 0 Å². The lowest BCUT2D eigenvalue weighted by Gasteiger charge is -2.18. The highest BCUT2D eigenvalue weighted by molar-refractivity contribution is 7.99. The lowest BCUT2D eigenvalue weighted by molar-refractivity contribution is 0.548. The Bertz CT molecular complexity index is 250. The minimum absolute atomic E-state index is 0.281. The van der Waals surface area contributed by atoms with Crippen LogP contribution in [0.1, 0.15) is 27.2 Å². The van der Waals surface area contributed by atoms with Gasteiger partial charge in [0.25, 0.3) is 0 Å². The molecule has 1 N–H and O–H groups in total. The van der Waals surface area contributed by atoms with Crippen molar-refractivity contribution >= 4 is 21.6 Å². The van der Waals surface area contributed by atoms with Gasteiger partial charge in [0, 0.05) is 18.1 Å². The molecule has 0 radical (unpaired) electrons. The molecule has 0 aliphatic carbocycles. The SMILES string of the molecule is CCNC(CCS(C)(=O)=O)CSC(C)C. The smallest absolute Gasteiger partial charge is 0.147 e. The Kier molecular flexibility index (Phi) is 7.65. The minimum Gasteiger partial charge on any atom is -0.313 e. The zero-order valence-corrected chi connectivity index (χ0v) is 11.7. The number of sulfone groups is 1. The summed E-state index contributed by atoms with van der Waals surface area (Å²) in [5.74, 6) is 1.27. The monoisotopic (exact) mass is 253 g/mol. The maximum absolute atomic E-state index is 11.0. The molecule has 15 heavy (non-hydrogen) atoms. The van der Waals surface area contributed by atoms with Gasteiger partial charge >= 0.3 is 0 Å². The first-order chi connectivity index (χ1) is 6.85. The molecule has 0 amide bonds. The first-order valence-corrected chi connectivity index (χ1v) is 8.48. The van der Waals surface area contributed by atoms with Crippen LogP contribution in [0.4, 0.5) is 0 Å². The molecule has 0 aromatic carbocycles. The van der Waals surface area contributed by atoms with E-state index >= 15 is 0 Å². The molecule has 0 saturated heterocycles. The summed E-state index contributed by atoms with van der Waals surface area (Å²) in [6.07, 6.45) is 2.01. The van der Waals surface area contributed by atoms with E-state index in [0.717, 1.165) is 12.3 Å². The van der Waals surface area contributed by atoms with Crippen LogP contribution in [0.25, 0.3) is 0 Å². The van der Waals surface area contributed by atoms with Crippen LogP contribution in [-0.4, -0.2) is 44.0 Å². The van der Waals surface area contributed by atoms with Crippen molar-refractivity contribution in [3.05, 3.63) is 0 Å². The van der Waals surface area contributed by atoms with Crippen molar-refractivity contribution in [1.82, 2.24) is 5.32 Å². The Morgan fingerprint density at radius 1 is 1.33 bits per heavy atom. The van der Waals surface area contributed by atoms with Crippen LogP contribution < -0.4 is 5.32 Å². The quantitative estimate of drug-likeness (QED) is 0.713. The summed E-state index contributed by atoms with van der Waals surface area (Å²) in [4.78, 5) is 0. The van der Waals surface area contributed by atoms with Crippen LogP contribution in [0.15, 0.2) is 0 Å². The van der Waals surface area contributed by atoms with Gasteiger partial charge in [-0.05, 0) is 18.2 Å². The summed E-state index contributed by atoms with van der Waals surface area (Å²) >= 11 is 1.87. The standard InChI is InChI=1S/C10H23NO2S2/c1-5-11-10(8-14-9(2)3)6-7-15(4,12)13/h9-11H,5-8H2,1-4H3. The van der Waals surface area contributed by atoms with Gasteiger partial charge < -0.3 is 5.32 Å². The number of rotatable bonds is 8. The summed E-state index contributed by atoms with van der Waals surface area (Å²) in [7, 11) is -2.83. The van der Waals surface area contributed by atoms with E-state index in [9.17, 15) is 8.42 Å². The van der Waals surface area contributed by atoms with Crippen LogP contribution in [0.3, 0.4) is 0 Å². The van der Waals surface area contributed by atoms with Crippen molar-refractivity contribution in [2.75, 3.05) is 24.3 Å². The molecule has 0 bridgehead atoms. The Hall–Kier alpha value is 0.260. The average Bonchev–Trinajstić information content (AvgIpc) is 2.08. The molecule has 0 aromatic heterocycles. The lowest BCUT2D eigenvalue weighted by atomic mass is 10.2. The van der Waals surface area contributed by atoms with Crippen molar-refractivity contribution in [3.63, 3.8) is 0 Å². The molecule has 1 unspecified atom stereocenters. The second-order valence-corrected chi connectivity index (χ2v) is 7.92. The number of nitrogens with one attached hydrogen (secondary N) is 1. The van der Waals surface area contributed by atoms with E-state index in [1.54, 1.807) is 0 Å². The third-order valence-corrected chi connectivity index (χ3v) is 4.20. The van der Waals surface area contributed by atoms with Crippen LogP contribution in [0.5, 0.6) is 0 Å². The van der Waals surface area contributed by atoms with Gasteiger partial charge in [-0.15, -0.1) is 0 Å². The zero-order chi connectivity index (χ0) is 11.9. The summed E-state index contributed by atoms with van der Waals surface area (Å²) < 4.78 is 22.1.